The van der Waals surface area contributed by atoms with E-state index in [-0.39, 0.29) is 35.3 Å². The Kier molecular flexibility index (Phi) is 4.03. The molecule has 1 saturated heterocycles. The highest BCUT2D eigenvalue weighted by Crippen LogP contribution is 2.21. The van der Waals surface area contributed by atoms with E-state index in [1.165, 1.54) is 12.1 Å². The second kappa shape index (κ2) is 5.26. The quantitative estimate of drug-likeness (QED) is 0.839. The highest BCUT2D eigenvalue weighted by molar-refractivity contribution is 7.94. The number of aromatic nitrogens is 1. The molecule has 0 radical (unpaired) electrons. The van der Waals surface area contributed by atoms with Gasteiger partial charge in [0.05, 0.1) is 16.8 Å². The molecule has 1 fully saturated rings. The molecule has 1 aliphatic heterocycles. The third-order valence-corrected chi connectivity index (χ3v) is 6.67. The van der Waals surface area contributed by atoms with Crippen molar-refractivity contribution < 1.29 is 16.8 Å². The number of sulfone groups is 1. The van der Waals surface area contributed by atoms with E-state index in [0.717, 1.165) is 0 Å². The molecule has 2 rings (SSSR count). The molecule has 1 aliphatic rings. The fourth-order valence-electron chi connectivity index (χ4n) is 1.87. The van der Waals surface area contributed by atoms with E-state index in [1.54, 1.807) is 6.07 Å². The van der Waals surface area contributed by atoms with Crippen LogP contribution in [-0.2, 0) is 19.9 Å². The van der Waals surface area contributed by atoms with Gasteiger partial charge in [0.2, 0.25) is 10.0 Å². The van der Waals surface area contributed by atoms with Crippen molar-refractivity contribution in [2.24, 2.45) is 0 Å². The van der Waals surface area contributed by atoms with Crippen LogP contribution in [0.4, 0.5) is 5.82 Å². The number of hydrogen-bond donors (Lipinski definition) is 1. The van der Waals surface area contributed by atoms with Crippen LogP contribution >= 0.6 is 11.6 Å². The van der Waals surface area contributed by atoms with Crippen LogP contribution in [0.2, 0.25) is 5.15 Å². The summed E-state index contributed by atoms with van der Waals surface area (Å²) in [5, 5.41) is -0.525. The molecule has 0 unspecified atom stereocenters. The SMILES string of the molecule is O=S1(=O)CCC(S(=O)(=O)Nc2cccc(Cl)n2)CC1. The summed E-state index contributed by atoms with van der Waals surface area (Å²) in [5.74, 6) is -0.0516. The average molecular weight is 325 g/mol. The second-order valence-electron chi connectivity index (χ2n) is 4.34. The minimum atomic E-state index is -3.64. The van der Waals surface area contributed by atoms with Gasteiger partial charge in [0, 0.05) is 0 Å². The number of nitrogens with one attached hydrogen (secondary N) is 1. The number of nitrogens with zero attached hydrogens (tertiary/aromatic N) is 1. The van der Waals surface area contributed by atoms with Gasteiger partial charge in [-0.2, -0.15) is 0 Å². The van der Waals surface area contributed by atoms with Crippen molar-refractivity contribution in [3.63, 3.8) is 0 Å². The summed E-state index contributed by atoms with van der Waals surface area (Å²) in [4.78, 5) is 3.84. The van der Waals surface area contributed by atoms with Gasteiger partial charge in [0.25, 0.3) is 0 Å². The lowest BCUT2D eigenvalue weighted by Crippen LogP contribution is -2.36. The number of halogens is 1. The summed E-state index contributed by atoms with van der Waals surface area (Å²) < 4.78 is 49.1. The fourth-order valence-corrected chi connectivity index (χ4v) is 5.25. The van der Waals surface area contributed by atoms with Crippen LogP contribution in [0.3, 0.4) is 0 Å². The summed E-state index contributed by atoms with van der Waals surface area (Å²) in [6.07, 6.45) is 0.219. The topological polar surface area (TPSA) is 93.2 Å². The van der Waals surface area contributed by atoms with Gasteiger partial charge in [-0.15, -0.1) is 0 Å². The molecule has 9 heteroatoms. The van der Waals surface area contributed by atoms with Crippen molar-refractivity contribution in [2.75, 3.05) is 16.2 Å². The van der Waals surface area contributed by atoms with Crippen LogP contribution in [0.25, 0.3) is 0 Å². The number of pyridine rings is 1. The molecule has 106 valence electrons. The van der Waals surface area contributed by atoms with E-state index < -0.39 is 25.1 Å². The Labute approximate surface area is 117 Å². The monoisotopic (exact) mass is 324 g/mol. The van der Waals surface area contributed by atoms with E-state index >= 15 is 0 Å². The van der Waals surface area contributed by atoms with Gasteiger partial charge in [-0.05, 0) is 25.0 Å². The van der Waals surface area contributed by atoms with E-state index in [4.69, 9.17) is 11.6 Å². The Morgan fingerprint density at radius 1 is 1.26 bits per heavy atom. The first kappa shape index (κ1) is 14.5. The molecular weight excluding hydrogens is 312 g/mol. The van der Waals surface area contributed by atoms with Gasteiger partial charge in [0.15, 0.2) is 0 Å². The Morgan fingerprint density at radius 3 is 2.47 bits per heavy atom. The van der Waals surface area contributed by atoms with Gasteiger partial charge in [0.1, 0.15) is 20.8 Å². The molecule has 1 N–H and O–H groups in total. The lowest BCUT2D eigenvalue weighted by atomic mass is 10.2. The average Bonchev–Trinajstić information content (AvgIpc) is 2.27. The molecule has 1 aromatic rings. The first-order valence-electron chi connectivity index (χ1n) is 5.63. The van der Waals surface area contributed by atoms with Gasteiger partial charge in [-0.25, -0.2) is 21.8 Å². The third kappa shape index (κ3) is 3.80. The summed E-state index contributed by atoms with van der Waals surface area (Å²) in [5.41, 5.74) is 0. The molecule has 0 amide bonds. The zero-order valence-corrected chi connectivity index (χ0v) is 12.3. The van der Waals surface area contributed by atoms with Gasteiger partial charge >= 0.3 is 0 Å². The molecular formula is C10H13ClN2O4S2. The van der Waals surface area contributed by atoms with Crippen molar-refractivity contribution in [1.82, 2.24) is 4.98 Å². The molecule has 0 aromatic carbocycles. The fraction of sp³-hybridized carbons (Fsp3) is 0.500. The molecule has 1 aromatic heterocycles. The summed E-state index contributed by atoms with van der Waals surface area (Å²) >= 11 is 5.67. The largest absolute Gasteiger partial charge is 0.267 e. The molecule has 0 spiro atoms. The van der Waals surface area contributed by atoms with Crippen LogP contribution in [0.15, 0.2) is 18.2 Å². The van der Waals surface area contributed by atoms with Crippen molar-refractivity contribution in [1.29, 1.82) is 0 Å². The molecule has 19 heavy (non-hydrogen) atoms. The molecule has 0 aliphatic carbocycles. The van der Waals surface area contributed by atoms with Crippen LogP contribution in [0, 0.1) is 0 Å². The first-order chi connectivity index (χ1) is 8.78. The van der Waals surface area contributed by atoms with Crippen molar-refractivity contribution in [2.45, 2.75) is 18.1 Å². The standard InChI is InChI=1S/C10H13ClN2O4S2/c11-9-2-1-3-10(12-9)13-19(16,17)8-4-6-18(14,15)7-5-8/h1-3,8H,4-7H2,(H,12,13). The molecule has 0 bridgehead atoms. The minimum Gasteiger partial charge on any atom is -0.267 e. The number of anilines is 1. The van der Waals surface area contributed by atoms with Crippen molar-refractivity contribution >= 4 is 37.3 Å². The highest BCUT2D eigenvalue weighted by Gasteiger charge is 2.32. The Hall–Kier alpha value is -0.860. The lowest BCUT2D eigenvalue weighted by Gasteiger charge is -2.22. The van der Waals surface area contributed by atoms with E-state index in [0.29, 0.717) is 0 Å². The van der Waals surface area contributed by atoms with Crippen LogP contribution in [0.5, 0.6) is 0 Å². The van der Waals surface area contributed by atoms with Crippen LogP contribution in [-0.4, -0.2) is 38.6 Å². The maximum atomic E-state index is 12.1. The van der Waals surface area contributed by atoms with Crippen molar-refractivity contribution in [3.8, 4) is 0 Å². The Balaban J connectivity index is 2.11. The number of hydrogen-bond acceptors (Lipinski definition) is 5. The van der Waals surface area contributed by atoms with E-state index in [9.17, 15) is 16.8 Å². The Morgan fingerprint density at radius 2 is 1.89 bits per heavy atom. The highest BCUT2D eigenvalue weighted by atomic mass is 35.5. The summed E-state index contributed by atoms with van der Waals surface area (Å²) in [6.45, 7) is 0. The zero-order chi connectivity index (χ0) is 14.1. The predicted molar refractivity (Wildman–Crippen MR) is 73.5 cm³/mol. The van der Waals surface area contributed by atoms with Gasteiger partial charge < -0.3 is 0 Å². The summed E-state index contributed by atoms with van der Waals surface area (Å²) in [7, 11) is -6.72. The number of rotatable bonds is 3. The zero-order valence-electron chi connectivity index (χ0n) is 9.91. The van der Waals surface area contributed by atoms with Gasteiger partial charge in [-0.3, -0.25) is 4.72 Å². The first-order valence-corrected chi connectivity index (χ1v) is 9.38. The Bertz CT molecular complexity index is 659. The van der Waals surface area contributed by atoms with E-state index in [1.807, 2.05) is 0 Å². The normalized spacial score (nSPS) is 20.1. The second-order valence-corrected chi connectivity index (χ2v) is 9.00. The predicted octanol–water partition coefficient (Wildman–Crippen LogP) is 1.05. The maximum Gasteiger partial charge on any atom is 0.236 e. The maximum absolute atomic E-state index is 12.1. The third-order valence-electron chi connectivity index (χ3n) is 2.90. The van der Waals surface area contributed by atoms with Crippen LogP contribution < -0.4 is 4.72 Å². The van der Waals surface area contributed by atoms with Gasteiger partial charge in [-0.1, -0.05) is 17.7 Å². The molecule has 6 nitrogen and oxygen atoms in total. The van der Waals surface area contributed by atoms with Crippen LogP contribution in [0.1, 0.15) is 12.8 Å². The van der Waals surface area contributed by atoms with Crippen molar-refractivity contribution in [3.05, 3.63) is 23.4 Å². The van der Waals surface area contributed by atoms with E-state index in [2.05, 4.69) is 9.71 Å². The molecule has 2 heterocycles. The number of sulfonamides is 1. The smallest absolute Gasteiger partial charge is 0.236 e. The molecule has 0 saturated carbocycles. The summed E-state index contributed by atoms with van der Waals surface area (Å²) in [6, 6.07) is 4.61. The lowest BCUT2D eigenvalue weighted by molar-refractivity contribution is 0.555. The minimum absolute atomic E-state index is 0.0957. The molecule has 0 atom stereocenters.